The first kappa shape index (κ1) is 11.3. The lowest BCUT2D eigenvalue weighted by Gasteiger charge is -2.40. The molecule has 0 unspecified atom stereocenters. The summed E-state index contributed by atoms with van der Waals surface area (Å²) in [5.41, 5.74) is -0.478. The molecular formula is C10H9ClFNO3. The maximum atomic E-state index is 13.6. The van der Waals surface area contributed by atoms with Crippen molar-refractivity contribution in [1.29, 1.82) is 0 Å². The van der Waals surface area contributed by atoms with E-state index in [2.05, 4.69) is 0 Å². The van der Waals surface area contributed by atoms with Gasteiger partial charge in [0, 0.05) is 23.6 Å². The molecule has 0 aromatic heterocycles. The van der Waals surface area contributed by atoms with Crippen LogP contribution in [0.3, 0.4) is 0 Å². The molecule has 0 N–H and O–H groups in total. The Morgan fingerprint density at radius 1 is 1.56 bits per heavy atom. The van der Waals surface area contributed by atoms with E-state index >= 15 is 0 Å². The number of benzene rings is 1. The van der Waals surface area contributed by atoms with Gasteiger partial charge in [-0.2, -0.15) is 0 Å². The second-order valence-electron chi connectivity index (χ2n) is 3.83. The SMILES string of the molecule is O=[N+]([O-])c1ccc(F)c(C2(CCl)COC2)c1. The van der Waals surface area contributed by atoms with Crippen molar-refractivity contribution < 1.29 is 14.1 Å². The van der Waals surface area contributed by atoms with Crippen molar-refractivity contribution in [2.45, 2.75) is 5.41 Å². The van der Waals surface area contributed by atoms with E-state index in [4.69, 9.17) is 16.3 Å². The van der Waals surface area contributed by atoms with E-state index < -0.39 is 16.2 Å². The molecule has 1 aliphatic rings. The zero-order chi connectivity index (χ0) is 11.8. The Morgan fingerprint density at radius 2 is 2.25 bits per heavy atom. The zero-order valence-electron chi connectivity index (χ0n) is 8.28. The van der Waals surface area contributed by atoms with Crippen LogP contribution in [0.5, 0.6) is 0 Å². The number of rotatable bonds is 3. The van der Waals surface area contributed by atoms with E-state index in [1.54, 1.807) is 0 Å². The molecule has 1 aliphatic heterocycles. The quantitative estimate of drug-likeness (QED) is 0.466. The van der Waals surface area contributed by atoms with Gasteiger partial charge < -0.3 is 4.74 Å². The lowest BCUT2D eigenvalue weighted by molar-refractivity contribution is -0.385. The van der Waals surface area contributed by atoms with E-state index in [-0.39, 0.29) is 17.1 Å². The minimum atomic E-state index is -0.613. The van der Waals surface area contributed by atoms with Gasteiger partial charge in [0.2, 0.25) is 0 Å². The van der Waals surface area contributed by atoms with Gasteiger partial charge in [0.15, 0.2) is 0 Å². The summed E-state index contributed by atoms with van der Waals surface area (Å²) in [7, 11) is 0. The van der Waals surface area contributed by atoms with Crippen LogP contribution in [0.4, 0.5) is 10.1 Å². The Labute approximate surface area is 96.1 Å². The maximum absolute atomic E-state index is 13.6. The number of nitro benzene ring substituents is 1. The molecule has 2 rings (SSSR count). The number of non-ortho nitro benzene ring substituents is 1. The van der Waals surface area contributed by atoms with Gasteiger partial charge in [-0.25, -0.2) is 4.39 Å². The summed E-state index contributed by atoms with van der Waals surface area (Å²) in [5, 5.41) is 10.6. The highest BCUT2D eigenvalue weighted by atomic mass is 35.5. The Kier molecular flexibility index (Phi) is 2.82. The molecule has 86 valence electrons. The fourth-order valence-electron chi connectivity index (χ4n) is 1.69. The van der Waals surface area contributed by atoms with Crippen LogP contribution in [0.1, 0.15) is 5.56 Å². The summed E-state index contributed by atoms with van der Waals surface area (Å²) < 4.78 is 18.6. The third-order valence-corrected chi connectivity index (χ3v) is 3.26. The number of alkyl halides is 1. The van der Waals surface area contributed by atoms with Crippen LogP contribution in [0, 0.1) is 15.9 Å². The van der Waals surface area contributed by atoms with E-state index in [9.17, 15) is 14.5 Å². The van der Waals surface area contributed by atoms with Crippen molar-refractivity contribution >= 4 is 17.3 Å². The average molecular weight is 246 g/mol. The van der Waals surface area contributed by atoms with Crippen LogP contribution >= 0.6 is 11.6 Å². The van der Waals surface area contributed by atoms with Crippen molar-refractivity contribution in [2.75, 3.05) is 19.1 Å². The summed E-state index contributed by atoms with van der Waals surface area (Å²) >= 11 is 5.78. The van der Waals surface area contributed by atoms with Crippen LogP contribution < -0.4 is 0 Å². The molecular weight excluding hydrogens is 237 g/mol. The van der Waals surface area contributed by atoms with Crippen molar-refractivity contribution in [3.8, 4) is 0 Å². The highest BCUT2D eigenvalue weighted by Crippen LogP contribution is 2.36. The largest absolute Gasteiger partial charge is 0.379 e. The maximum Gasteiger partial charge on any atom is 0.269 e. The van der Waals surface area contributed by atoms with Gasteiger partial charge >= 0.3 is 0 Å². The van der Waals surface area contributed by atoms with Crippen LogP contribution in [-0.2, 0) is 10.2 Å². The minimum absolute atomic E-state index is 0.132. The normalized spacial score (nSPS) is 17.9. The molecule has 0 bridgehead atoms. The first-order valence-corrected chi connectivity index (χ1v) is 5.21. The summed E-state index contributed by atoms with van der Waals surface area (Å²) in [6, 6.07) is 3.47. The molecule has 0 aliphatic carbocycles. The van der Waals surface area contributed by atoms with Gasteiger partial charge in [0.25, 0.3) is 5.69 Å². The number of hydrogen-bond acceptors (Lipinski definition) is 3. The molecule has 16 heavy (non-hydrogen) atoms. The van der Waals surface area contributed by atoms with Crippen molar-refractivity contribution in [3.63, 3.8) is 0 Å². The van der Waals surface area contributed by atoms with Crippen LogP contribution in [0.2, 0.25) is 0 Å². The number of hydrogen-bond donors (Lipinski definition) is 0. The van der Waals surface area contributed by atoms with E-state index in [1.807, 2.05) is 0 Å². The molecule has 4 nitrogen and oxygen atoms in total. The lowest BCUT2D eigenvalue weighted by atomic mass is 9.80. The van der Waals surface area contributed by atoms with Crippen LogP contribution in [0.25, 0.3) is 0 Å². The molecule has 0 radical (unpaired) electrons. The third-order valence-electron chi connectivity index (χ3n) is 2.74. The van der Waals surface area contributed by atoms with E-state index in [0.29, 0.717) is 13.2 Å². The fourth-order valence-corrected chi connectivity index (χ4v) is 1.98. The second kappa shape index (κ2) is 3.99. The lowest BCUT2D eigenvalue weighted by Crippen LogP contribution is -2.49. The van der Waals surface area contributed by atoms with Gasteiger partial charge in [0.05, 0.1) is 23.6 Å². The average Bonchev–Trinajstić information content (AvgIpc) is 2.19. The highest BCUT2D eigenvalue weighted by Gasteiger charge is 2.42. The predicted octanol–water partition coefficient (Wildman–Crippen LogP) is 2.24. The number of nitro groups is 1. The van der Waals surface area contributed by atoms with Crippen LogP contribution in [-0.4, -0.2) is 24.0 Å². The van der Waals surface area contributed by atoms with Gasteiger partial charge in [0.1, 0.15) is 5.82 Å². The molecule has 1 saturated heterocycles. The zero-order valence-corrected chi connectivity index (χ0v) is 9.04. The summed E-state index contributed by atoms with van der Waals surface area (Å²) in [6.45, 7) is 0.600. The third kappa shape index (κ3) is 1.66. The molecule has 1 aromatic rings. The van der Waals surface area contributed by atoms with Crippen molar-refractivity contribution in [1.82, 2.24) is 0 Å². The summed E-state index contributed by atoms with van der Waals surface area (Å²) in [4.78, 5) is 10.1. The molecule has 1 fully saturated rings. The minimum Gasteiger partial charge on any atom is -0.379 e. The monoisotopic (exact) mass is 245 g/mol. The van der Waals surface area contributed by atoms with Crippen molar-refractivity contribution in [3.05, 3.63) is 39.7 Å². The molecule has 0 spiro atoms. The molecule has 0 saturated carbocycles. The fraction of sp³-hybridized carbons (Fsp3) is 0.400. The summed E-state index contributed by atoms with van der Waals surface area (Å²) in [6.07, 6.45) is 0. The molecule has 1 heterocycles. The predicted molar refractivity (Wildman–Crippen MR) is 56.3 cm³/mol. The number of ether oxygens (including phenoxy) is 1. The molecule has 6 heteroatoms. The standard InChI is InChI=1S/C10H9ClFNO3/c11-4-10(5-16-6-10)8-3-7(13(14)15)1-2-9(8)12/h1-3H,4-6H2. The Morgan fingerprint density at radius 3 is 2.69 bits per heavy atom. The summed E-state index contributed by atoms with van der Waals surface area (Å²) in [5.74, 6) is -0.292. The Hall–Kier alpha value is -1.20. The topological polar surface area (TPSA) is 52.4 Å². The first-order chi connectivity index (χ1) is 7.59. The number of halogens is 2. The van der Waals surface area contributed by atoms with Gasteiger partial charge in [-0.1, -0.05) is 0 Å². The first-order valence-electron chi connectivity index (χ1n) is 4.67. The molecule has 0 atom stereocenters. The van der Waals surface area contributed by atoms with E-state index in [1.165, 1.54) is 6.07 Å². The molecule has 1 aromatic carbocycles. The Balaban J connectivity index is 2.46. The smallest absolute Gasteiger partial charge is 0.269 e. The van der Waals surface area contributed by atoms with Gasteiger partial charge in [-0.05, 0) is 6.07 Å². The second-order valence-corrected chi connectivity index (χ2v) is 4.10. The van der Waals surface area contributed by atoms with Crippen LogP contribution in [0.15, 0.2) is 18.2 Å². The van der Waals surface area contributed by atoms with Crippen molar-refractivity contribution in [2.24, 2.45) is 0 Å². The van der Waals surface area contributed by atoms with E-state index in [0.717, 1.165) is 12.1 Å². The van der Waals surface area contributed by atoms with Gasteiger partial charge in [-0.15, -0.1) is 11.6 Å². The number of nitrogens with zero attached hydrogens (tertiary/aromatic N) is 1. The van der Waals surface area contributed by atoms with Gasteiger partial charge in [-0.3, -0.25) is 10.1 Å². The Bertz CT molecular complexity index is 429. The highest BCUT2D eigenvalue weighted by molar-refractivity contribution is 6.18. The molecule has 0 amide bonds.